The Morgan fingerprint density at radius 1 is 1.23 bits per heavy atom. The van der Waals surface area contributed by atoms with E-state index in [9.17, 15) is 21.6 Å². The molecular formula is C16H15ClF3N3O2S. The van der Waals surface area contributed by atoms with Crippen LogP contribution in [-0.4, -0.2) is 32.5 Å². The molecule has 0 amide bonds. The largest absolute Gasteiger partial charge is 0.417 e. The Kier molecular flexibility index (Phi) is 5.14. The first-order chi connectivity index (χ1) is 12.2. The molecule has 1 aliphatic heterocycles. The third-order valence-corrected chi connectivity index (χ3v) is 5.88. The molecule has 0 aliphatic carbocycles. The van der Waals surface area contributed by atoms with E-state index >= 15 is 0 Å². The van der Waals surface area contributed by atoms with Crippen LogP contribution in [0, 0.1) is 0 Å². The highest BCUT2D eigenvalue weighted by atomic mass is 35.5. The third-order valence-electron chi connectivity index (χ3n) is 4.04. The number of alkyl halides is 3. The highest BCUT2D eigenvalue weighted by molar-refractivity contribution is 7.89. The van der Waals surface area contributed by atoms with E-state index in [4.69, 9.17) is 11.6 Å². The predicted octanol–water partition coefficient (Wildman–Crippen LogP) is 3.31. The number of aromatic nitrogens is 1. The maximum Gasteiger partial charge on any atom is 0.417 e. The minimum atomic E-state index is -4.73. The van der Waals surface area contributed by atoms with Crippen LogP contribution in [0.5, 0.6) is 0 Å². The van der Waals surface area contributed by atoms with Crippen LogP contribution in [-0.2, 0) is 16.2 Å². The first-order valence-electron chi connectivity index (χ1n) is 7.72. The van der Waals surface area contributed by atoms with E-state index < -0.39 is 37.7 Å². The van der Waals surface area contributed by atoms with E-state index in [-0.39, 0.29) is 0 Å². The summed E-state index contributed by atoms with van der Waals surface area (Å²) in [6.45, 7) is 0.981. The zero-order valence-corrected chi connectivity index (χ0v) is 14.9. The minimum Gasteiger partial charge on any atom is -0.355 e. The average Bonchev–Trinajstić information content (AvgIpc) is 3.02. The maximum atomic E-state index is 12.9. The lowest BCUT2D eigenvalue weighted by atomic mass is 10.2. The molecule has 1 aromatic heterocycles. The molecule has 1 N–H and O–H groups in total. The molecule has 0 saturated carbocycles. The second-order valence-electron chi connectivity index (χ2n) is 5.88. The standard InChI is InChI=1S/C16H15ClF3N3O2S/c17-14-5-4-12(9-13(14)16(18,19)20)26(24,25)22-11-6-8-23(10-11)15-3-1-2-7-21-15/h1-5,7,9,11,22H,6,8,10H2. The molecule has 140 valence electrons. The van der Waals surface area contributed by atoms with Crippen LogP contribution in [0.2, 0.25) is 5.02 Å². The van der Waals surface area contributed by atoms with Gasteiger partial charge in [-0.1, -0.05) is 17.7 Å². The summed E-state index contributed by atoms with van der Waals surface area (Å²) in [6.07, 6.45) is -2.57. The van der Waals surface area contributed by atoms with E-state index in [2.05, 4.69) is 9.71 Å². The second-order valence-corrected chi connectivity index (χ2v) is 8.00. The van der Waals surface area contributed by atoms with Crippen LogP contribution in [0.25, 0.3) is 0 Å². The number of nitrogens with zero attached hydrogens (tertiary/aromatic N) is 2. The van der Waals surface area contributed by atoms with Crippen molar-refractivity contribution in [3.05, 3.63) is 53.2 Å². The topological polar surface area (TPSA) is 62.3 Å². The minimum absolute atomic E-state index is 0.385. The number of nitrogens with one attached hydrogen (secondary N) is 1. The van der Waals surface area contributed by atoms with Gasteiger partial charge in [-0.05, 0) is 36.8 Å². The molecule has 1 saturated heterocycles. The summed E-state index contributed by atoms with van der Waals surface area (Å²) in [5.74, 6) is 0.722. The summed E-state index contributed by atoms with van der Waals surface area (Å²) in [6, 6.07) is 7.54. The van der Waals surface area contributed by atoms with Gasteiger partial charge in [-0.25, -0.2) is 18.1 Å². The van der Waals surface area contributed by atoms with Gasteiger partial charge in [0.05, 0.1) is 15.5 Å². The normalized spacial score (nSPS) is 18.3. The highest BCUT2D eigenvalue weighted by Crippen LogP contribution is 2.36. The number of anilines is 1. The van der Waals surface area contributed by atoms with E-state index in [0.29, 0.717) is 25.6 Å². The number of pyridine rings is 1. The summed E-state index contributed by atoms with van der Waals surface area (Å²) in [4.78, 5) is 5.65. The van der Waals surface area contributed by atoms with Gasteiger partial charge in [0, 0.05) is 25.3 Å². The molecule has 0 bridgehead atoms. The fourth-order valence-corrected chi connectivity index (χ4v) is 4.29. The van der Waals surface area contributed by atoms with Crippen molar-refractivity contribution in [3.63, 3.8) is 0 Å². The van der Waals surface area contributed by atoms with Crippen molar-refractivity contribution in [2.75, 3.05) is 18.0 Å². The van der Waals surface area contributed by atoms with Gasteiger partial charge < -0.3 is 4.90 Å². The van der Waals surface area contributed by atoms with Crippen LogP contribution in [0.4, 0.5) is 19.0 Å². The Bertz CT molecular complexity index is 891. The number of halogens is 4. The molecule has 0 spiro atoms. The molecule has 1 unspecified atom stereocenters. The molecule has 1 atom stereocenters. The summed E-state index contributed by atoms with van der Waals surface area (Å²) in [5.41, 5.74) is -1.18. The van der Waals surface area contributed by atoms with Gasteiger partial charge in [0.1, 0.15) is 5.82 Å². The summed E-state index contributed by atoms with van der Waals surface area (Å²) in [7, 11) is -4.10. The molecule has 1 aliphatic rings. The quantitative estimate of drug-likeness (QED) is 0.847. The number of sulfonamides is 1. The van der Waals surface area contributed by atoms with Crippen LogP contribution in [0.15, 0.2) is 47.5 Å². The van der Waals surface area contributed by atoms with Gasteiger partial charge in [-0.2, -0.15) is 13.2 Å². The van der Waals surface area contributed by atoms with Gasteiger partial charge in [0.2, 0.25) is 10.0 Å². The third kappa shape index (κ3) is 4.11. The van der Waals surface area contributed by atoms with E-state index in [1.807, 2.05) is 17.0 Å². The van der Waals surface area contributed by atoms with Gasteiger partial charge in [-0.3, -0.25) is 0 Å². The monoisotopic (exact) mass is 405 g/mol. The summed E-state index contributed by atoms with van der Waals surface area (Å²) in [5, 5.41) is -0.543. The molecular weight excluding hydrogens is 391 g/mol. The maximum absolute atomic E-state index is 12.9. The smallest absolute Gasteiger partial charge is 0.355 e. The van der Waals surface area contributed by atoms with Crippen LogP contribution in [0.1, 0.15) is 12.0 Å². The van der Waals surface area contributed by atoms with Gasteiger partial charge >= 0.3 is 6.18 Å². The Morgan fingerprint density at radius 2 is 2.00 bits per heavy atom. The number of hydrogen-bond donors (Lipinski definition) is 1. The lowest BCUT2D eigenvalue weighted by molar-refractivity contribution is -0.137. The Morgan fingerprint density at radius 3 is 2.65 bits per heavy atom. The van der Waals surface area contributed by atoms with E-state index in [0.717, 1.165) is 18.0 Å². The van der Waals surface area contributed by atoms with Crippen molar-refractivity contribution in [2.45, 2.75) is 23.5 Å². The molecule has 1 fully saturated rings. The highest BCUT2D eigenvalue weighted by Gasteiger charge is 2.35. The van der Waals surface area contributed by atoms with Crippen LogP contribution >= 0.6 is 11.6 Å². The summed E-state index contributed by atoms with van der Waals surface area (Å²) >= 11 is 5.54. The molecule has 5 nitrogen and oxygen atoms in total. The Labute approximate surface area is 153 Å². The molecule has 26 heavy (non-hydrogen) atoms. The van der Waals surface area contributed by atoms with Crippen molar-refractivity contribution < 1.29 is 21.6 Å². The number of rotatable bonds is 4. The first-order valence-corrected chi connectivity index (χ1v) is 9.58. The molecule has 3 rings (SSSR count). The van der Waals surface area contributed by atoms with E-state index in [1.54, 1.807) is 12.3 Å². The lowest BCUT2D eigenvalue weighted by Crippen LogP contribution is -2.37. The fraction of sp³-hybridized carbons (Fsp3) is 0.312. The van der Waals surface area contributed by atoms with E-state index in [1.165, 1.54) is 0 Å². The average molecular weight is 406 g/mol. The van der Waals surface area contributed by atoms with Crippen molar-refractivity contribution in [1.29, 1.82) is 0 Å². The van der Waals surface area contributed by atoms with Crippen molar-refractivity contribution in [2.24, 2.45) is 0 Å². The van der Waals surface area contributed by atoms with Crippen molar-refractivity contribution >= 4 is 27.4 Å². The number of benzene rings is 1. The molecule has 0 radical (unpaired) electrons. The zero-order chi connectivity index (χ0) is 18.9. The summed E-state index contributed by atoms with van der Waals surface area (Å²) < 4.78 is 66.2. The Balaban J connectivity index is 1.76. The zero-order valence-electron chi connectivity index (χ0n) is 13.4. The SMILES string of the molecule is O=S(=O)(NC1CCN(c2ccccn2)C1)c1ccc(Cl)c(C(F)(F)F)c1. The molecule has 2 aromatic rings. The Hall–Kier alpha value is -1.84. The number of hydrogen-bond acceptors (Lipinski definition) is 4. The molecule has 2 heterocycles. The molecule has 10 heteroatoms. The van der Waals surface area contributed by atoms with Gasteiger partial charge in [0.15, 0.2) is 0 Å². The van der Waals surface area contributed by atoms with Crippen molar-refractivity contribution in [1.82, 2.24) is 9.71 Å². The van der Waals surface area contributed by atoms with Crippen LogP contribution < -0.4 is 9.62 Å². The lowest BCUT2D eigenvalue weighted by Gasteiger charge is -2.18. The first kappa shape index (κ1) is 18.9. The fourth-order valence-electron chi connectivity index (χ4n) is 2.78. The van der Waals surface area contributed by atoms with Gasteiger partial charge in [-0.15, -0.1) is 0 Å². The van der Waals surface area contributed by atoms with Crippen molar-refractivity contribution in [3.8, 4) is 0 Å². The predicted molar refractivity (Wildman–Crippen MR) is 91.6 cm³/mol. The second kappa shape index (κ2) is 7.05. The molecule has 1 aromatic carbocycles. The van der Waals surface area contributed by atoms with Crippen LogP contribution in [0.3, 0.4) is 0 Å². The van der Waals surface area contributed by atoms with Gasteiger partial charge in [0.25, 0.3) is 0 Å².